The molecule has 0 radical (unpaired) electrons. The maximum atomic E-state index is 13.3. The molecular formula is C20H19ClN5O4S2+. The van der Waals surface area contributed by atoms with E-state index in [4.69, 9.17) is 16.7 Å². The highest BCUT2D eigenvalue weighted by atomic mass is 35.5. The van der Waals surface area contributed by atoms with Gasteiger partial charge in [0.05, 0.1) is 18.1 Å². The summed E-state index contributed by atoms with van der Waals surface area (Å²) < 4.78 is 30.1. The number of carboxylic acids is 1. The molecule has 0 amide bonds. The molecule has 9 nitrogen and oxygen atoms in total. The molecule has 2 aromatic rings. The summed E-state index contributed by atoms with van der Waals surface area (Å²) in [4.78, 5) is 12.7. The first-order chi connectivity index (χ1) is 15.0. The number of rotatable bonds is 8. The molecule has 0 atom stereocenters. The van der Waals surface area contributed by atoms with Gasteiger partial charge in [0.15, 0.2) is 0 Å². The zero-order chi connectivity index (χ0) is 24.1. The van der Waals surface area contributed by atoms with Crippen LogP contribution in [-0.4, -0.2) is 39.3 Å². The van der Waals surface area contributed by atoms with Crippen LogP contribution in [0.2, 0.25) is 5.02 Å². The fraction of sp³-hybridized carbons (Fsp3) is 0.200. The van der Waals surface area contributed by atoms with Gasteiger partial charge >= 0.3 is 21.8 Å². The monoisotopic (exact) mass is 492 g/mol. The van der Waals surface area contributed by atoms with E-state index in [2.05, 4.69) is 4.72 Å². The van der Waals surface area contributed by atoms with Gasteiger partial charge in [0, 0.05) is 41.8 Å². The zero-order valence-corrected chi connectivity index (χ0v) is 19.7. The fourth-order valence-electron chi connectivity index (χ4n) is 2.51. The third-order valence-electron chi connectivity index (χ3n) is 4.14. The Kier molecular flexibility index (Phi) is 8.11. The van der Waals surface area contributed by atoms with E-state index in [1.807, 2.05) is 19.0 Å². The minimum absolute atomic E-state index is 0.123. The average Bonchev–Trinajstić information content (AvgIpc) is 2.74. The van der Waals surface area contributed by atoms with E-state index in [1.54, 1.807) is 31.2 Å². The number of nitrogens with zero attached hydrogens (tertiary/aromatic N) is 4. The highest BCUT2D eigenvalue weighted by Crippen LogP contribution is 2.32. The van der Waals surface area contributed by atoms with Crippen molar-refractivity contribution < 1.29 is 22.9 Å². The molecule has 1 aromatic heterocycles. The van der Waals surface area contributed by atoms with Crippen LogP contribution in [0.15, 0.2) is 52.0 Å². The Morgan fingerprint density at radius 3 is 2.34 bits per heavy atom. The summed E-state index contributed by atoms with van der Waals surface area (Å²) >= 11 is 6.90. The lowest BCUT2D eigenvalue weighted by Crippen LogP contribution is -2.42. The van der Waals surface area contributed by atoms with Crippen LogP contribution in [0.25, 0.3) is 5.82 Å². The number of aliphatic carboxylic acids is 1. The molecule has 2 rings (SSSR count). The molecule has 0 spiro atoms. The topological polar surface area (TPSA) is 138 Å². The molecule has 0 aliphatic carbocycles. The van der Waals surface area contributed by atoms with Gasteiger partial charge in [0.25, 0.3) is 0 Å². The van der Waals surface area contributed by atoms with Crippen molar-refractivity contribution in [1.82, 2.24) is 4.72 Å². The van der Waals surface area contributed by atoms with E-state index in [-0.39, 0.29) is 26.4 Å². The van der Waals surface area contributed by atoms with E-state index in [1.165, 1.54) is 29.1 Å². The number of nitriles is 2. The van der Waals surface area contributed by atoms with Crippen LogP contribution in [0.3, 0.4) is 0 Å². The first kappa shape index (κ1) is 25.0. The van der Waals surface area contributed by atoms with Gasteiger partial charge in [-0.15, -0.1) is 11.8 Å². The van der Waals surface area contributed by atoms with E-state index < -0.39 is 21.6 Å². The number of nitrogens with one attached hydrogen (secondary N) is 1. The van der Waals surface area contributed by atoms with Crippen molar-refractivity contribution in [3.63, 3.8) is 0 Å². The van der Waals surface area contributed by atoms with Gasteiger partial charge in [0.1, 0.15) is 17.0 Å². The second-order valence-corrected chi connectivity index (χ2v) is 9.72. The molecule has 0 unspecified atom stereocenters. The molecular weight excluding hydrogens is 474 g/mol. The first-order valence-electron chi connectivity index (χ1n) is 8.91. The van der Waals surface area contributed by atoms with Crippen LogP contribution < -0.4 is 14.2 Å². The maximum absolute atomic E-state index is 13.3. The number of pyridine rings is 1. The zero-order valence-electron chi connectivity index (χ0n) is 17.3. The number of anilines is 1. The van der Waals surface area contributed by atoms with Gasteiger partial charge in [-0.05, 0) is 24.6 Å². The van der Waals surface area contributed by atoms with Gasteiger partial charge in [0.2, 0.25) is 5.57 Å². The lowest BCUT2D eigenvalue weighted by Gasteiger charge is -2.13. The quantitative estimate of drug-likeness (QED) is 0.325. The Balaban J connectivity index is 2.61. The molecule has 0 aliphatic rings. The Morgan fingerprint density at radius 2 is 1.84 bits per heavy atom. The summed E-state index contributed by atoms with van der Waals surface area (Å²) in [7, 11) is -0.675. The number of hydrogen-bond donors (Lipinski definition) is 2. The summed E-state index contributed by atoms with van der Waals surface area (Å²) in [5, 5.41) is 28.0. The number of halogens is 1. The lowest BCUT2D eigenvalue weighted by molar-refractivity contribution is -0.584. The van der Waals surface area contributed by atoms with Crippen LogP contribution in [0.4, 0.5) is 5.69 Å². The third-order valence-corrected chi connectivity index (χ3v) is 7.10. The van der Waals surface area contributed by atoms with Gasteiger partial charge in [-0.3, -0.25) is 4.79 Å². The van der Waals surface area contributed by atoms with Gasteiger partial charge < -0.3 is 10.0 Å². The SMILES string of the molecule is Cc1cc(S(=O)(=O)NC(=C(C#N)C#N)[n+]2ccc(N(C)C)cc2)c(SCC(=O)O)cc1Cl. The number of allylic oxidation sites excluding steroid dienone is 1. The Morgan fingerprint density at radius 1 is 1.25 bits per heavy atom. The molecule has 0 aliphatic heterocycles. The average molecular weight is 493 g/mol. The largest absolute Gasteiger partial charge is 0.481 e. The summed E-state index contributed by atoms with van der Waals surface area (Å²) in [6, 6.07) is 9.43. The minimum atomic E-state index is -4.33. The maximum Gasteiger partial charge on any atom is 0.330 e. The molecule has 1 aromatic carbocycles. The van der Waals surface area contributed by atoms with Gasteiger partial charge in [-0.1, -0.05) is 11.6 Å². The number of hydrogen-bond acceptors (Lipinski definition) is 7. The highest BCUT2D eigenvalue weighted by molar-refractivity contribution is 8.00. The number of carbonyl (C=O) groups is 1. The van der Waals surface area contributed by atoms with Crippen molar-refractivity contribution in [2.24, 2.45) is 0 Å². The molecule has 12 heteroatoms. The van der Waals surface area contributed by atoms with E-state index in [0.29, 0.717) is 5.56 Å². The molecule has 2 N–H and O–H groups in total. The number of aryl methyl sites for hydroxylation is 1. The van der Waals surface area contributed by atoms with E-state index in [0.717, 1.165) is 17.4 Å². The Hall–Kier alpha value is -3.25. The van der Waals surface area contributed by atoms with Crippen LogP contribution in [0.5, 0.6) is 0 Å². The van der Waals surface area contributed by atoms with Crippen LogP contribution in [-0.2, 0) is 14.8 Å². The van der Waals surface area contributed by atoms with Crippen molar-refractivity contribution >= 4 is 50.9 Å². The molecule has 166 valence electrons. The van der Waals surface area contributed by atoms with E-state index >= 15 is 0 Å². The number of carboxylic acid groups (broad SMARTS) is 1. The Bertz CT molecular complexity index is 1240. The highest BCUT2D eigenvalue weighted by Gasteiger charge is 2.30. The van der Waals surface area contributed by atoms with Gasteiger partial charge in [-0.2, -0.15) is 23.7 Å². The van der Waals surface area contributed by atoms with Crippen LogP contribution in [0, 0.1) is 29.6 Å². The first-order valence-corrected chi connectivity index (χ1v) is 11.8. The smallest absolute Gasteiger partial charge is 0.330 e. The molecule has 0 saturated carbocycles. The second kappa shape index (κ2) is 10.4. The molecule has 32 heavy (non-hydrogen) atoms. The standard InChI is InChI=1S/C20H18ClN5O4S2/c1-13-8-18(17(9-16(13)21)31-12-19(27)28)32(29,30)24-20(14(10-22)11-23)26-6-4-15(5-7-26)25(2)3/h4-9,24H,12H2,1-3H3/p+1. The lowest BCUT2D eigenvalue weighted by atomic mass is 10.2. The summed E-state index contributed by atoms with van der Waals surface area (Å²) in [6.45, 7) is 1.61. The van der Waals surface area contributed by atoms with Crippen molar-refractivity contribution in [2.75, 3.05) is 24.7 Å². The van der Waals surface area contributed by atoms with Crippen molar-refractivity contribution in [3.05, 3.63) is 52.8 Å². The van der Waals surface area contributed by atoms with Crippen LogP contribution >= 0.6 is 23.4 Å². The Labute approximate surface area is 195 Å². The molecule has 0 bridgehead atoms. The normalized spacial score (nSPS) is 10.6. The summed E-state index contributed by atoms with van der Waals surface area (Å²) in [5.74, 6) is -1.77. The summed E-state index contributed by atoms with van der Waals surface area (Å²) in [6.07, 6.45) is 3.02. The summed E-state index contributed by atoms with van der Waals surface area (Å²) in [5.41, 5.74) is 0.822. The molecule has 1 heterocycles. The van der Waals surface area contributed by atoms with E-state index in [9.17, 15) is 23.7 Å². The fourth-order valence-corrected chi connectivity index (χ4v) is 5.15. The number of sulfonamides is 1. The molecule has 0 fully saturated rings. The predicted molar refractivity (Wildman–Crippen MR) is 120 cm³/mol. The van der Waals surface area contributed by atoms with Crippen molar-refractivity contribution in [1.29, 1.82) is 10.5 Å². The second-order valence-electron chi connectivity index (χ2n) is 6.64. The number of aromatic nitrogens is 1. The number of benzene rings is 1. The van der Waals surface area contributed by atoms with Crippen molar-refractivity contribution in [2.45, 2.75) is 16.7 Å². The predicted octanol–water partition coefficient (Wildman–Crippen LogP) is 2.37. The van der Waals surface area contributed by atoms with Crippen molar-refractivity contribution in [3.8, 4) is 12.1 Å². The minimum Gasteiger partial charge on any atom is -0.481 e. The third kappa shape index (κ3) is 5.92. The number of thioether (sulfide) groups is 1. The molecule has 0 saturated heterocycles. The van der Waals surface area contributed by atoms with Gasteiger partial charge in [-0.25, -0.2) is 4.57 Å². The van der Waals surface area contributed by atoms with Crippen LogP contribution in [0.1, 0.15) is 5.56 Å².